The van der Waals surface area contributed by atoms with Gasteiger partial charge in [-0.3, -0.25) is 14.5 Å². The van der Waals surface area contributed by atoms with Crippen LogP contribution in [0.3, 0.4) is 0 Å². The summed E-state index contributed by atoms with van der Waals surface area (Å²) >= 11 is 0. The predicted molar refractivity (Wildman–Crippen MR) is 130 cm³/mol. The van der Waals surface area contributed by atoms with Crippen molar-refractivity contribution in [2.45, 2.75) is 0 Å². The van der Waals surface area contributed by atoms with Crippen LogP contribution in [0.15, 0.2) is 47.5 Å². The lowest BCUT2D eigenvalue weighted by molar-refractivity contribution is -0.140. The van der Waals surface area contributed by atoms with Crippen LogP contribution in [0.25, 0.3) is 12.2 Å². The molecule has 2 aromatic carbocycles. The van der Waals surface area contributed by atoms with E-state index in [1.54, 1.807) is 48.5 Å². The lowest BCUT2D eigenvalue weighted by atomic mass is 10.1. The summed E-state index contributed by atoms with van der Waals surface area (Å²) < 4.78 is 20.8. The average Bonchev–Trinajstić information content (AvgIpc) is 2.92. The molecular formula is C26H25N3O7. The minimum Gasteiger partial charge on any atom is -0.493 e. The molecule has 0 aliphatic heterocycles. The van der Waals surface area contributed by atoms with Crippen LogP contribution in [0.4, 0.5) is 0 Å². The molecular weight excluding hydrogens is 466 g/mol. The van der Waals surface area contributed by atoms with Gasteiger partial charge >= 0.3 is 0 Å². The number of hydrogen-bond acceptors (Lipinski definition) is 9. The molecule has 0 aliphatic rings. The van der Waals surface area contributed by atoms with Crippen LogP contribution >= 0.6 is 0 Å². The van der Waals surface area contributed by atoms with Crippen LogP contribution in [0.5, 0.6) is 23.0 Å². The number of aliphatic hydroxyl groups is 1. The zero-order chi connectivity index (χ0) is 26.7. The second-order valence-corrected chi connectivity index (χ2v) is 7.05. The van der Waals surface area contributed by atoms with Crippen molar-refractivity contribution in [1.29, 1.82) is 10.5 Å². The predicted octanol–water partition coefficient (Wildman–Crippen LogP) is 2.58. The monoisotopic (exact) mass is 491 g/mol. The Kier molecular flexibility index (Phi) is 10.0. The fourth-order valence-electron chi connectivity index (χ4n) is 3.19. The van der Waals surface area contributed by atoms with E-state index in [4.69, 9.17) is 18.9 Å². The molecule has 0 aliphatic carbocycles. The number of aliphatic hydroxyl groups excluding tert-OH is 1. The fraction of sp³-hybridized carbons (Fsp3) is 0.231. The Hall–Kier alpha value is -4.80. The largest absolute Gasteiger partial charge is 0.493 e. The minimum absolute atomic E-state index is 0.379. The number of benzene rings is 2. The van der Waals surface area contributed by atoms with Crippen LogP contribution in [-0.4, -0.2) is 63.4 Å². The molecule has 0 fully saturated rings. The summed E-state index contributed by atoms with van der Waals surface area (Å²) in [4.78, 5) is 26.9. The van der Waals surface area contributed by atoms with E-state index in [-0.39, 0.29) is 11.1 Å². The molecule has 2 rings (SSSR count). The van der Waals surface area contributed by atoms with Crippen molar-refractivity contribution < 1.29 is 33.6 Å². The third-order valence-electron chi connectivity index (χ3n) is 4.95. The standard InChI is InChI=1S/C26H25N3O7/c1-33-21-7-5-17(13-23(21)35-3)11-19(15-27)25(31)29(9-10-30)26(32)20(16-28)12-18-6-8-22(34-2)24(14-18)36-4/h5-8,11-14,30H,9-10H2,1-4H3/b19-11+,20-12+. The van der Waals surface area contributed by atoms with Crippen LogP contribution in [0.2, 0.25) is 0 Å². The van der Waals surface area contributed by atoms with E-state index in [2.05, 4.69) is 0 Å². The number of nitriles is 2. The number of carbonyl (C=O) groups is 2. The maximum Gasteiger partial charge on any atom is 0.271 e. The highest BCUT2D eigenvalue weighted by atomic mass is 16.5. The molecule has 0 radical (unpaired) electrons. The first-order valence-electron chi connectivity index (χ1n) is 10.5. The third-order valence-corrected chi connectivity index (χ3v) is 4.95. The maximum atomic E-state index is 13.1. The maximum absolute atomic E-state index is 13.1. The van der Waals surface area contributed by atoms with Crippen molar-refractivity contribution in [3.8, 4) is 35.1 Å². The van der Waals surface area contributed by atoms with Gasteiger partial charge in [0.05, 0.1) is 41.6 Å². The van der Waals surface area contributed by atoms with Gasteiger partial charge in [0.25, 0.3) is 11.8 Å². The molecule has 0 atom stereocenters. The van der Waals surface area contributed by atoms with Gasteiger partial charge in [0, 0.05) is 0 Å². The number of carbonyl (C=O) groups excluding carboxylic acids is 2. The van der Waals surface area contributed by atoms with E-state index >= 15 is 0 Å². The van der Waals surface area contributed by atoms with E-state index in [0.717, 1.165) is 0 Å². The summed E-state index contributed by atoms with van der Waals surface area (Å²) in [5.41, 5.74) is 0.116. The van der Waals surface area contributed by atoms with Crippen LogP contribution in [0, 0.1) is 22.7 Å². The Balaban J connectivity index is 2.44. The van der Waals surface area contributed by atoms with E-state index in [0.29, 0.717) is 39.0 Å². The zero-order valence-electron chi connectivity index (χ0n) is 20.3. The molecule has 36 heavy (non-hydrogen) atoms. The Labute approximate surface area is 208 Å². The molecule has 0 spiro atoms. The minimum atomic E-state index is -0.972. The highest BCUT2D eigenvalue weighted by Crippen LogP contribution is 2.29. The van der Waals surface area contributed by atoms with Gasteiger partial charge in [-0.25, -0.2) is 0 Å². The quantitative estimate of drug-likeness (QED) is 0.392. The highest BCUT2D eigenvalue weighted by Gasteiger charge is 2.27. The van der Waals surface area contributed by atoms with E-state index in [9.17, 15) is 25.2 Å². The van der Waals surface area contributed by atoms with E-state index in [1.807, 2.05) is 0 Å². The van der Waals surface area contributed by atoms with Gasteiger partial charge in [-0.15, -0.1) is 0 Å². The summed E-state index contributed by atoms with van der Waals surface area (Å²) in [7, 11) is 5.83. The van der Waals surface area contributed by atoms with Gasteiger partial charge in [0.15, 0.2) is 23.0 Å². The summed E-state index contributed by atoms with van der Waals surface area (Å²) in [6.45, 7) is -0.991. The number of methoxy groups -OCH3 is 4. The number of hydrogen-bond donors (Lipinski definition) is 1. The van der Waals surface area contributed by atoms with Crippen molar-refractivity contribution in [2.75, 3.05) is 41.6 Å². The first-order valence-corrected chi connectivity index (χ1v) is 10.5. The molecule has 0 saturated heterocycles. The van der Waals surface area contributed by atoms with Gasteiger partial charge in [0.1, 0.15) is 23.3 Å². The summed E-state index contributed by atoms with van der Waals surface area (Å²) in [5, 5.41) is 28.7. The molecule has 0 heterocycles. The molecule has 186 valence electrons. The third kappa shape index (κ3) is 6.41. The van der Waals surface area contributed by atoms with Gasteiger partial charge in [-0.1, -0.05) is 12.1 Å². The smallest absolute Gasteiger partial charge is 0.271 e. The lowest BCUT2D eigenvalue weighted by Gasteiger charge is -2.19. The Morgan fingerprint density at radius 3 is 1.47 bits per heavy atom. The number of nitrogens with zero attached hydrogens (tertiary/aromatic N) is 3. The Morgan fingerprint density at radius 1 is 0.778 bits per heavy atom. The normalized spacial score (nSPS) is 11.1. The Morgan fingerprint density at radius 2 is 1.17 bits per heavy atom. The summed E-state index contributed by atoms with van der Waals surface area (Å²) in [5.74, 6) is -0.279. The first kappa shape index (κ1) is 27.4. The molecule has 0 unspecified atom stereocenters. The van der Waals surface area contributed by atoms with Gasteiger partial charge in [-0.2, -0.15) is 10.5 Å². The second-order valence-electron chi connectivity index (χ2n) is 7.05. The molecule has 2 amide bonds. The van der Waals surface area contributed by atoms with Crippen molar-refractivity contribution in [2.24, 2.45) is 0 Å². The second kappa shape index (κ2) is 13.2. The van der Waals surface area contributed by atoms with Gasteiger partial charge in [0.2, 0.25) is 0 Å². The van der Waals surface area contributed by atoms with Gasteiger partial charge < -0.3 is 24.1 Å². The molecule has 0 bridgehead atoms. The van der Waals surface area contributed by atoms with Crippen LogP contribution in [-0.2, 0) is 9.59 Å². The highest BCUT2D eigenvalue weighted by molar-refractivity contribution is 6.15. The number of imide groups is 1. The van der Waals surface area contributed by atoms with Crippen LogP contribution in [0.1, 0.15) is 11.1 Å². The Bertz CT molecular complexity index is 1170. The van der Waals surface area contributed by atoms with E-state index < -0.39 is 25.0 Å². The number of rotatable bonds is 10. The van der Waals surface area contributed by atoms with Gasteiger partial charge in [-0.05, 0) is 47.5 Å². The number of ether oxygens (including phenoxy) is 4. The molecule has 10 heteroatoms. The lowest BCUT2D eigenvalue weighted by Crippen LogP contribution is -2.40. The zero-order valence-corrected chi connectivity index (χ0v) is 20.3. The fourth-order valence-corrected chi connectivity index (χ4v) is 3.19. The van der Waals surface area contributed by atoms with Crippen molar-refractivity contribution in [3.05, 3.63) is 58.7 Å². The first-order chi connectivity index (χ1) is 17.4. The molecule has 2 aromatic rings. The van der Waals surface area contributed by atoms with Crippen LogP contribution < -0.4 is 18.9 Å². The summed E-state index contributed by atoms with van der Waals surface area (Å²) in [6, 6.07) is 13.1. The van der Waals surface area contributed by atoms with Crippen molar-refractivity contribution in [3.63, 3.8) is 0 Å². The number of amides is 2. The topological polar surface area (TPSA) is 142 Å². The van der Waals surface area contributed by atoms with E-state index in [1.165, 1.54) is 40.6 Å². The van der Waals surface area contributed by atoms with Crippen molar-refractivity contribution in [1.82, 2.24) is 4.90 Å². The SMILES string of the molecule is COc1ccc(/C=C(\C#N)C(=O)N(CCO)C(=O)/C(C#N)=C/c2ccc(OC)c(OC)c2)cc1OC. The molecule has 0 aromatic heterocycles. The molecule has 0 saturated carbocycles. The average molecular weight is 492 g/mol. The summed E-state index contributed by atoms with van der Waals surface area (Å²) in [6.07, 6.45) is 2.54. The molecule has 1 N–H and O–H groups in total. The molecule has 10 nitrogen and oxygen atoms in total. The van der Waals surface area contributed by atoms with Crippen molar-refractivity contribution >= 4 is 24.0 Å².